The predicted molar refractivity (Wildman–Crippen MR) is 84.1 cm³/mol. The number of rotatable bonds is 5. The Labute approximate surface area is 126 Å². The summed E-state index contributed by atoms with van der Waals surface area (Å²) in [6.45, 7) is 1.93. The van der Waals surface area contributed by atoms with Gasteiger partial charge in [-0.3, -0.25) is 9.00 Å². The fraction of sp³-hybridized carbons (Fsp3) is 0.188. The Morgan fingerprint density at radius 3 is 2.52 bits per heavy atom. The first-order valence-electron chi connectivity index (χ1n) is 6.47. The van der Waals surface area contributed by atoms with Gasteiger partial charge in [0.2, 0.25) is 5.91 Å². The highest BCUT2D eigenvalue weighted by atomic mass is 32.2. The molecular formula is C16H17NO3S. The number of nitrogens with one attached hydrogen (secondary N) is 1. The highest BCUT2D eigenvalue weighted by Crippen LogP contribution is 2.15. The van der Waals surface area contributed by atoms with Gasteiger partial charge in [0, 0.05) is 10.6 Å². The summed E-state index contributed by atoms with van der Waals surface area (Å²) in [4.78, 5) is 12.6. The molecule has 1 amide bonds. The van der Waals surface area contributed by atoms with Crippen molar-refractivity contribution < 1.29 is 13.7 Å². The van der Waals surface area contributed by atoms with E-state index in [0.29, 0.717) is 10.6 Å². The number of aryl methyl sites for hydroxylation is 1. The van der Waals surface area contributed by atoms with E-state index in [1.165, 1.54) is 0 Å². The molecule has 2 aromatic carbocycles. The van der Waals surface area contributed by atoms with E-state index in [4.69, 9.17) is 4.74 Å². The minimum Gasteiger partial charge on any atom is -0.497 e. The first-order valence-corrected chi connectivity index (χ1v) is 7.79. The van der Waals surface area contributed by atoms with Crippen LogP contribution in [0, 0.1) is 6.92 Å². The highest BCUT2D eigenvalue weighted by molar-refractivity contribution is 7.85. The zero-order valence-corrected chi connectivity index (χ0v) is 12.8. The highest BCUT2D eigenvalue weighted by Gasteiger charge is 2.10. The molecule has 4 nitrogen and oxygen atoms in total. The third-order valence-corrected chi connectivity index (χ3v) is 4.19. The summed E-state index contributed by atoms with van der Waals surface area (Å²) in [5.41, 5.74) is 1.68. The van der Waals surface area contributed by atoms with Gasteiger partial charge in [0.05, 0.1) is 17.9 Å². The van der Waals surface area contributed by atoms with Gasteiger partial charge in [0.25, 0.3) is 0 Å². The van der Waals surface area contributed by atoms with Crippen molar-refractivity contribution in [2.24, 2.45) is 0 Å². The molecule has 0 aliphatic heterocycles. The third kappa shape index (κ3) is 4.43. The van der Waals surface area contributed by atoms with E-state index in [1.54, 1.807) is 37.4 Å². The quantitative estimate of drug-likeness (QED) is 0.924. The number of carbonyl (C=O) groups is 1. The summed E-state index contributed by atoms with van der Waals surface area (Å²) >= 11 is 0. The first-order chi connectivity index (χ1) is 10.1. The summed E-state index contributed by atoms with van der Waals surface area (Å²) in [6, 6.07) is 14.4. The second kappa shape index (κ2) is 7.04. The molecule has 1 N–H and O–H groups in total. The molecule has 2 rings (SSSR count). The number of benzene rings is 2. The second-order valence-corrected chi connectivity index (χ2v) is 6.03. The van der Waals surface area contributed by atoms with Crippen LogP contribution in [0.5, 0.6) is 5.75 Å². The average molecular weight is 303 g/mol. The number of carbonyl (C=O) groups excluding carboxylic acids is 1. The van der Waals surface area contributed by atoms with E-state index >= 15 is 0 Å². The van der Waals surface area contributed by atoms with Crippen molar-refractivity contribution in [1.82, 2.24) is 0 Å². The molecule has 21 heavy (non-hydrogen) atoms. The molecule has 0 bridgehead atoms. The van der Waals surface area contributed by atoms with Crippen LogP contribution in [0.15, 0.2) is 53.4 Å². The first kappa shape index (κ1) is 15.3. The number of ether oxygens (including phenoxy) is 1. The van der Waals surface area contributed by atoms with Crippen LogP contribution in [0.25, 0.3) is 0 Å². The molecule has 5 heteroatoms. The van der Waals surface area contributed by atoms with Crippen molar-refractivity contribution in [2.75, 3.05) is 18.2 Å². The topological polar surface area (TPSA) is 55.4 Å². The van der Waals surface area contributed by atoms with E-state index in [-0.39, 0.29) is 11.7 Å². The Hall–Kier alpha value is -2.14. The lowest BCUT2D eigenvalue weighted by Gasteiger charge is -2.07. The average Bonchev–Trinajstić information content (AvgIpc) is 2.48. The van der Waals surface area contributed by atoms with Crippen molar-refractivity contribution in [3.05, 3.63) is 54.1 Å². The summed E-state index contributed by atoms with van der Waals surface area (Å²) < 4.78 is 17.2. The molecule has 0 saturated carbocycles. The van der Waals surface area contributed by atoms with Crippen LogP contribution >= 0.6 is 0 Å². The van der Waals surface area contributed by atoms with E-state index in [2.05, 4.69) is 5.32 Å². The van der Waals surface area contributed by atoms with E-state index in [0.717, 1.165) is 11.3 Å². The molecule has 0 radical (unpaired) electrons. The van der Waals surface area contributed by atoms with Crippen LogP contribution in [0.2, 0.25) is 0 Å². The molecule has 0 aliphatic carbocycles. The van der Waals surface area contributed by atoms with Crippen LogP contribution in [0.4, 0.5) is 5.69 Å². The standard InChI is InChI=1S/C16H17NO3S/c1-12-4-3-5-15(10-12)21(19)11-16(18)17-13-6-8-14(20-2)9-7-13/h3-10H,11H2,1-2H3,(H,17,18)/t21-/m1/s1. The monoisotopic (exact) mass is 303 g/mol. The van der Waals surface area contributed by atoms with Gasteiger partial charge >= 0.3 is 0 Å². The molecule has 110 valence electrons. The Bertz CT molecular complexity index is 653. The maximum atomic E-state index is 12.1. The van der Waals surface area contributed by atoms with E-state index < -0.39 is 10.8 Å². The molecular weight excluding hydrogens is 286 g/mol. The van der Waals surface area contributed by atoms with Crippen molar-refractivity contribution in [1.29, 1.82) is 0 Å². The van der Waals surface area contributed by atoms with Crippen molar-refractivity contribution in [3.8, 4) is 5.75 Å². The number of amides is 1. The van der Waals surface area contributed by atoms with Gasteiger partial charge in [-0.05, 0) is 48.9 Å². The molecule has 0 unspecified atom stereocenters. The van der Waals surface area contributed by atoms with Crippen molar-refractivity contribution in [3.63, 3.8) is 0 Å². The molecule has 1 atom stereocenters. The van der Waals surface area contributed by atoms with Gasteiger partial charge in [-0.1, -0.05) is 12.1 Å². The largest absolute Gasteiger partial charge is 0.497 e. The van der Waals surface area contributed by atoms with E-state index in [1.807, 2.05) is 25.1 Å². The van der Waals surface area contributed by atoms with Gasteiger partial charge < -0.3 is 10.1 Å². The SMILES string of the molecule is COc1ccc(NC(=O)C[S@@](=O)c2cccc(C)c2)cc1. The van der Waals surface area contributed by atoms with Crippen LogP contribution in [0.1, 0.15) is 5.56 Å². The zero-order chi connectivity index (χ0) is 15.2. The lowest BCUT2D eigenvalue weighted by atomic mass is 10.2. The maximum Gasteiger partial charge on any atom is 0.237 e. The summed E-state index contributed by atoms with van der Waals surface area (Å²) in [5.74, 6) is 0.381. The molecule has 0 saturated heterocycles. The number of hydrogen-bond acceptors (Lipinski definition) is 3. The van der Waals surface area contributed by atoms with E-state index in [9.17, 15) is 9.00 Å². The molecule has 0 aliphatic rings. The minimum atomic E-state index is -1.34. The van der Waals surface area contributed by atoms with Gasteiger partial charge in [0.1, 0.15) is 11.5 Å². The number of methoxy groups -OCH3 is 1. The fourth-order valence-corrected chi connectivity index (χ4v) is 2.86. The molecule has 2 aromatic rings. The zero-order valence-electron chi connectivity index (χ0n) is 12.0. The normalized spacial score (nSPS) is 11.7. The molecule has 0 aromatic heterocycles. The van der Waals surface area contributed by atoms with Gasteiger partial charge in [-0.15, -0.1) is 0 Å². The van der Waals surface area contributed by atoms with Gasteiger partial charge in [0.15, 0.2) is 0 Å². The Kier molecular flexibility index (Phi) is 5.11. The number of hydrogen-bond donors (Lipinski definition) is 1. The Balaban J connectivity index is 1.96. The van der Waals surface area contributed by atoms with Crippen LogP contribution < -0.4 is 10.1 Å². The fourth-order valence-electron chi connectivity index (χ4n) is 1.83. The van der Waals surface area contributed by atoms with Gasteiger partial charge in [-0.2, -0.15) is 0 Å². The smallest absolute Gasteiger partial charge is 0.237 e. The minimum absolute atomic E-state index is 0.0600. The summed E-state index contributed by atoms with van der Waals surface area (Å²) in [7, 11) is 0.242. The molecule has 0 fully saturated rings. The third-order valence-electron chi connectivity index (χ3n) is 2.89. The molecule has 0 spiro atoms. The van der Waals surface area contributed by atoms with Crippen LogP contribution in [-0.4, -0.2) is 23.0 Å². The molecule has 0 heterocycles. The number of anilines is 1. The maximum absolute atomic E-state index is 12.1. The van der Waals surface area contributed by atoms with Crippen molar-refractivity contribution in [2.45, 2.75) is 11.8 Å². The predicted octanol–water partition coefficient (Wildman–Crippen LogP) is 2.75. The lowest BCUT2D eigenvalue weighted by Crippen LogP contribution is -2.19. The van der Waals surface area contributed by atoms with Gasteiger partial charge in [-0.25, -0.2) is 0 Å². The van der Waals surface area contributed by atoms with Crippen LogP contribution in [-0.2, 0) is 15.6 Å². The summed E-state index contributed by atoms with van der Waals surface area (Å²) in [5, 5.41) is 2.72. The summed E-state index contributed by atoms with van der Waals surface area (Å²) in [6.07, 6.45) is 0. The second-order valence-electron chi connectivity index (χ2n) is 4.58. The van der Waals surface area contributed by atoms with Crippen molar-refractivity contribution >= 4 is 22.4 Å². The Morgan fingerprint density at radius 2 is 1.90 bits per heavy atom. The lowest BCUT2D eigenvalue weighted by molar-refractivity contribution is -0.113. The van der Waals surface area contributed by atoms with Crippen LogP contribution in [0.3, 0.4) is 0 Å². The Morgan fingerprint density at radius 1 is 1.19 bits per heavy atom.